The molecule has 0 unspecified atom stereocenters. The molecule has 2 aromatic carbocycles. The van der Waals surface area contributed by atoms with E-state index < -0.39 is 10.0 Å². The Morgan fingerprint density at radius 2 is 1.73 bits per heavy atom. The number of rotatable bonds is 13. The molecule has 0 aliphatic carbocycles. The van der Waals surface area contributed by atoms with Crippen molar-refractivity contribution in [1.29, 1.82) is 0 Å². The van der Waals surface area contributed by atoms with E-state index in [0.29, 0.717) is 35.2 Å². The number of ether oxygens (including phenoxy) is 1. The summed E-state index contributed by atoms with van der Waals surface area (Å²) in [5.41, 5.74) is 2.19. The van der Waals surface area contributed by atoms with E-state index in [9.17, 15) is 13.2 Å². The van der Waals surface area contributed by atoms with Gasteiger partial charge in [-0.25, -0.2) is 17.7 Å². The van der Waals surface area contributed by atoms with Gasteiger partial charge in [-0.2, -0.15) is 4.98 Å². The highest BCUT2D eigenvalue weighted by Crippen LogP contribution is 2.38. The first-order chi connectivity index (χ1) is 19.0. The van der Waals surface area contributed by atoms with Gasteiger partial charge >= 0.3 is 0 Å². The van der Waals surface area contributed by atoms with E-state index >= 15 is 0 Å². The van der Waals surface area contributed by atoms with Crippen LogP contribution in [-0.2, 0) is 14.8 Å². The van der Waals surface area contributed by atoms with Crippen LogP contribution in [0.1, 0.15) is 0 Å². The number of methoxy groups -OCH3 is 1. The molecule has 13 heteroatoms. The Kier molecular flexibility index (Phi) is 10.0. The zero-order chi connectivity index (χ0) is 29.4. The van der Waals surface area contributed by atoms with Crippen molar-refractivity contribution in [3.8, 4) is 5.75 Å². The Balaban J connectivity index is 1.95. The second-order valence-corrected chi connectivity index (χ2v) is 11.4. The van der Waals surface area contributed by atoms with Crippen LogP contribution in [0.15, 0.2) is 66.2 Å². The predicted molar refractivity (Wildman–Crippen MR) is 160 cm³/mol. The lowest BCUT2D eigenvalue weighted by atomic mass is 10.2. The number of anilines is 6. The topological polar surface area (TPSA) is 132 Å². The van der Waals surface area contributed by atoms with Gasteiger partial charge in [0.2, 0.25) is 21.9 Å². The van der Waals surface area contributed by atoms with Gasteiger partial charge in [0, 0.05) is 46.5 Å². The third-order valence-electron chi connectivity index (χ3n) is 5.87. The summed E-state index contributed by atoms with van der Waals surface area (Å²) in [6.07, 6.45) is 2.74. The third kappa shape index (κ3) is 7.46. The number of sulfonamides is 1. The monoisotopic (exact) mass is 568 g/mol. The molecule has 0 spiro atoms. The lowest BCUT2D eigenvalue weighted by Crippen LogP contribution is -2.29. The zero-order valence-electron chi connectivity index (χ0n) is 23.6. The molecule has 0 atom stereocenters. The number of nitrogens with one attached hydrogen (secondary N) is 3. The Bertz CT molecular complexity index is 1460. The molecule has 0 radical (unpaired) electrons. The molecule has 40 heavy (non-hydrogen) atoms. The van der Waals surface area contributed by atoms with Gasteiger partial charge in [0.1, 0.15) is 16.5 Å². The van der Waals surface area contributed by atoms with Crippen molar-refractivity contribution in [3.63, 3.8) is 0 Å². The van der Waals surface area contributed by atoms with Crippen molar-refractivity contribution < 1.29 is 17.9 Å². The standard InChI is InChI=1S/C27H36N8O4S/c1-8-26(36)30-20-17-21(23(39-7)18-22(20)35(6)16-15-33(2)3)31-27-28-14-13-25(32-27)29-19-11-9-10-12-24(19)40(37,38)34(4)5/h8-14,17-18H,1,15-16H2,2-7H3,(H,30,36)(H2,28,29,31,32). The number of hydrogen-bond donors (Lipinski definition) is 3. The molecular formula is C27H36N8O4S. The van der Waals surface area contributed by atoms with Crippen molar-refractivity contribution in [1.82, 2.24) is 19.2 Å². The molecule has 1 heterocycles. The number of carbonyl (C=O) groups excluding carboxylic acids is 1. The Morgan fingerprint density at radius 1 is 1.00 bits per heavy atom. The molecule has 0 aliphatic rings. The summed E-state index contributed by atoms with van der Waals surface area (Å²) in [4.78, 5) is 25.2. The van der Waals surface area contributed by atoms with Gasteiger partial charge in [0.05, 0.1) is 29.9 Å². The lowest BCUT2D eigenvalue weighted by Gasteiger charge is -2.26. The molecule has 0 bridgehead atoms. The van der Waals surface area contributed by atoms with Crippen LogP contribution in [0.5, 0.6) is 5.75 Å². The summed E-state index contributed by atoms with van der Waals surface area (Å²) in [6.45, 7) is 5.07. The normalized spacial score (nSPS) is 11.3. The molecule has 0 saturated heterocycles. The number of para-hydroxylation sites is 1. The highest BCUT2D eigenvalue weighted by molar-refractivity contribution is 7.89. The van der Waals surface area contributed by atoms with E-state index in [1.54, 1.807) is 37.4 Å². The molecule has 3 aromatic rings. The Labute approximate surface area is 235 Å². The average Bonchev–Trinajstić information content (AvgIpc) is 2.92. The SMILES string of the molecule is C=CC(=O)Nc1cc(Nc2nccc(Nc3ccccc3S(=O)(=O)N(C)C)n2)c(OC)cc1N(C)CCN(C)C. The molecule has 0 fully saturated rings. The van der Waals surface area contributed by atoms with Crippen LogP contribution in [-0.4, -0.2) is 88.9 Å². The van der Waals surface area contributed by atoms with Gasteiger partial charge in [-0.3, -0.25) is 4.79 Å². The number of likely N-dealkylation sites (N-methyl/N-ethyl adjacent to an activating group) is 2. The van der Waals surface area contributed by atoms with Crippen LogP contribution in [0.25, 0.3) is 0 Å². The molecule has 12 nitrogen and oxygen atoms in total. The average molecular weight is 569 g/mol. The molecule has 3 rings (SSSR count). The van der Waals surface area contributed by atoms with Crippen molar-refractivity contribution >= 4 is 50.4 Å². The molecule has 0 aliphatic heterocycles. The van der Waals surface area contributed by atoms with Crippen LogP contribution in [0.2, 0.25) is 0 Å². The second kappa shape index (κ2) is 13.2. The molecule has 0 saturated carbocycles. The summed E-state index contributed by atoms with van der Waals surface area (Å²) in [5.74, 6) is 0.754. The van der Waals surface area contributed by atoms with E-state index in [-0.39, 0.29) is 16.8 Å². The first kappa shape index (κ1) is 30.3. The minimum atomic E-state index is -3.69. The summed E-state index contributed by atoms with van der Waals surface area (Å²) in [5, 5.41) is 9.07. The Hall–Kier alpha value is -4.20. The van der Waals surface area contributed by atoms with E-state index in [1.807, 2.05) is 32.1 Å². The minimum absolute atomic E-state index is 0.117. The third-order valence-corrected chi connectivity index (χ3v) is 7.74. The van der Waals surface area contributed by atoms with Crippen molar-refractivity contribution in [3.05, 3.63) is 61.3 Å². The van der Waals surface area contributed by atoms with E-state index in [4.69, 9.17) is 4.74 Å². The van der Waals surface area contributed by atoms with Crippen LogP contribution in [0.4, 0.5) is 34.5 Å². The van der Waals surface area contributed by atoms with Crippen molar-refractivity contribution in [2.75, 3.05) is 76.3 Å². The second-order valence-electron chi connectivity index (χ2n) is 9.29. The summed E-state index contributed by atoms with van der Waals surface area (Å²) in [7, 11) is 6.73. The van der Waals surface area contributed by atoms with Gasteiger partial charge in [-0.15, -0.1) is 0 Å². The maximum atomic E-state index is 12.8. The minimum Gasteiger partial charge on any atom is -0.494 e. The summed E-state index contributed by atoms with van der Waals surface area (Å²) >= 11 is 0. The first-order valence-corrected chi connectivity index (χ1v) is 13.8. The van der Waals surface area contributed by atoms with Crippen LogP contribution in [0, 0.1) is 0 Å². The van der Waals surface area contributed by atoms with Gasteiger partial charge in [0.25, 0.3) is 0 Å². The maximum absolute atomic E-state index is 12.8. The molecule has 1 amide bonds. The fraction of sp³-hybridized carbons (Fsp3) is 0.296. The fourth-order valence-corrected chi connectivity index (χ4v) is 4.69. The van der Waals surface area contributed by atoms with Crippen LogP contribution < -0.4 is 25.6 Å². The van der Waals surface area contributed by atoms with Gasteiger partial charge in [-0.1, -0.05) is 18.7 Å². The van der Waals surface area contributed by atoms with Gasteiger partial charge in [-0.05, 0) is 44.4 Å². The highest BCUT2D eigenvalue weighted by Gasteiger charge is 2.21. The van der Waals surface area contributed by atoms with E-state index in [0.717, 1.165) is 16.5 Å². The lowest BCUT2D eigenvalue weighted by molar-refractivity contribution is -0.111. The van der Waals surface area contributed by atoms with Crippen molar-refractivity contribution in [2.24, 2.45) is 0 Å². The van der Waals surface area contributed by atoms with Crippen molar-refractivity contribution in [2.45, 2.75) is 4.90 Å². The smallest absolute Gasteiger partial charge is 0.247 e. The largest absolute Gasteiger partial charge is 0.494 e. The molecule has 3 N–H and O–H groups in total. The van der Waals surface area contributed by atoms with Crippen LogP contribution >= 0.6 is 0 Å². The summed E-state index contributed by atoms with van der Waals surface area (Å²) in [6, 6.07) is 11.8. The zero-order valence-corrected chi connectivity index (χ0v) is 24.4. The van der Waals surface area contributed by atoms with E-state index in [2.05, 4.69) is 37.4 Å². The number of carbonyl (C=O) groups is 1. The van der Waals surface area contributed by atoms with Gasteiger partial charge < -0.3 is 30.5 Å². The quantitative estimate of drug-likeness (QED) is 0.264. The maximum Gasteiger partial charge on any atom is 0.247 e. The fourth-order valence-electron chi connectivity index (χ4n) is 3.64. The van der Waals surface area contributed by atoms with Gasteiger partial charge in [0.15, 0.2) is 0 Å². The number of nitrogens with zero attached hydrogens (tertiary/aromatic N) is 5. The molecule has 1 aromatic heterocycles. The highest BCUT2D eigenvalue weighted by atomic mass is 32.2. The Morgan fingerprint density at radius 3 is 2.38 bits per heavy atom. The van der Waals surface area contributed by atoms with E-state index in [1.165, 1.54) is 32.4 Å². The number of benzene rings is 2. The summed E-state index contributed by atoms with van der Waals surface area (Å²) < 4.78 is 32.4. The van der Waals surface area contributed by atoms with Crippen LogP contribution in [0.3, 0.4) is 0 Å². The first-order valence-electron chi connectivity index (χ1n) is 12.4. The number of aromatic nitrogens is 2. The predicted octanol–water partition coefficient (Wildman–Crippen LogP) is 3.35. The number of amides is 1. The molecular weight excluding hydrogens is 532 g/mol. The molecule has 214 valence electrons. The number of hydrogen-bond acceptors (Lipinski definition) is 10.